The quantitative estimate of drug-likeness (QED) is 0.867. The Balaban J connectivity index is 1.48. The fourth-order valence-corrected chi connectivity index (χ4v) is 2.97. The summed E-state index contributed by atoms with van der Waals surface area (Å²) in [6.07, 6.45) is 2.39. The molecule has 3 rings (SSSR count). The van der Waals surface area contributed by atoms with Crippen LogP contribution in [-0.4, -0.2) is 28.7 Å². The van der Waals surface area contributed by atoms with Crippen molar-refractivity contribution in [2.75, 3.05) is 6.61 Å². The van der Waals surface area contributed by atoms with E-state index in [1.54, 1.807) is 6.92 Å². The second-order valence-corrected chi connectivity index (χ2v) is 6.33. The van der Waals surface area contributed by atoms with Gasteiger partial charge >= 0.3 is 0 Å². The molecule has 128 valence electrons. The third-order valence-corrected chi connectivity index (χ3v) is 4.25. The van der Waals surface area contributed by atoms with Crippen molar-refractivity contribution in [3.05, 3.63) is 46.6 Å². The number of hydrogen-bond donors (Lipinski definition) is 1. The van der Waals surface area contributed by atoms with Crippen LogP contribution in [0.25, 0.3) is 0 Å². The smallest absolute Gasteiger partial charge is 0.226 e. The number of aromatic nitrogens is 2. The summed E-state index contributed by atoms with van der Waals surface area (Å²) in [5, 5.41) is 7.49. The summed E-state index contributed by atoms with van der Waals surface area (Å²) in [5.74, 6) is 1.20. The molecule has 1 aliphatic rings. The molecule has 1 amide bonds. The van der Waals surface area contributed by atoms with Gasteiger partial charge in [-0.1, -0.05) is 28.9 Å². The molecule has 1 saturated heterocycles. The first-order valence-corrected chi connectivity index (χ1v) is 8.45. The van der Waals surface area contributed by atoms with Crippen LogP contribution in [0.2, 0.25) is 5.02 Å². The lowest BCUT2D eigenvalue weighted by Crippen LogP contribution is -2.36. The third kappa shape index (κ3) is 4.33. The minimum Gasteiger partial charge on any atom is -0.371 e. The number of halogens is 1. The molecule has 0 bridgehead atoms. The van der Waals surface area contributed by atoms with E-state index in [-0.39, 0.29) is 18.1 Å². The minimum atomic E-state index is -0.121. The van der Waals surface area contributed by atoms with Gasteiger partial charge in [-0.05, 0) is 37.5 Å². The van der Waals surface area contributed by atoms with Gasteiger partial charge in [0.2, 0.25) is 11.8 Å². The number of rotatable bonds is 6. The number of hydrogen-bond acceptors (Lipinski definition) is 5. The van der Waals surface area contributed by atoms with Gasteiger partial charge in [-0.15, -0.1) is 0 Å². The summed E-state index contributed by atoms with van der Waals surface area (Å²) < 4.78 is 10.8. The van der Waals surface area contributed by atoms with Gasteiger partial charge < -0.3 is 14.6 Å². The fraction of sp³-hybridized carbons (Fsp3) is 0.471. The molecule has 1 fully saturated rings. The van der Waals surface area contributed by atoms with Gasteiger partial charge in [0.15, 0.2) is 5.82 Å². The molecule has 2 aromatic rings. The summed E-state index contributed by atoms with van der Waals surface area (Å²) in [6, 6.07) is 7.54. The van der Waals surface area contributed by atoms with Crippen LogP contribution in [0.15, 0.2) is 28.8 Å². The number of carbonyl (C=O) groups is 1. The molecular weight excluding hydrogens is 330 g/mol. The van der Waals surface area contributed by atoms with Crippen LogP contribution >= 0.6 is 11.6 Å². The molecule has 2 heterocycles. The van der Waals surface area contributed by atoms with Gasteiger partial charge in [-0.3, -0.25) is 4.79 Å². The first-order chi connectivity index (χ1) is 11.6. The van der Waals surface area contributed by atoms with Crippen LogP contribution in [0, 0.1) is 6.92 Å². The van der Waals surface area contributed by atoms with Gasteiger partial charge in [0.25, 0.3) is 0 Å². The Morgan fingerprint density at radius 3 is 2.88 bits per heavy atom. The van der Waals surface area contributed by atoms with E-state index in [1.165, 1.54) is 0 Å². The fourth-order valence-electron chi connectivity index (χ4n) is 2.84. The van der Waals surface area contributed by atoms with Crippen LogP contribution in [0.5, 0.6) is 0 Å². The lowest BCUT2D eigenvalue weighted by molar-refractivity contribution is -0.122. The number of ether oxygens (including phenoxy) is 1. The van der Waals surface area contributed by atoms with E-state index in [0.29, 0.717) is 42.6 Å². The second kappa shape index (κ2) is 7.77. The highest BCUT2D eigenvalue weighted by Crippen LogP contribution is 2.30. The van der Waals surface area contributed by atoms with Gasteiger partial charge in [0, 0.05) is 24.5 Å². The summed E-state index contributed by atoms with van der Waals surface area (Å²) in [4.78, 5) is 16.3. The monoisotopic (exact) mass is 349 g/mol. The highest BCUT2D eigenvalue weighted by Gasteiger charge is 2.30. The van der Waals surface area contributed by atoms with Crippen LogP contribution in [0.1, 0.15) is 42.6 Å². The number of amides is 1. The Morgan fingerprint density at radius 1 is 1.38 bits per heavy atom. The Labute approximate surface area is 145 Å². The van der Waals surface area contributed by atoms with Gasteiger partial charge in [-0.25, -0.2) is 0 Å². The van der Waals surface area contributed by atoms with E-state index in [2.05, 4.69) is 15.5 Å². The molecule has 24 heavy (non-hydrogen) atoms. The van der Waals surface area contributed by atoms with Crippen LogP contribution in [0.3, 0.4) is 0 Å². The Hall–Kier alpha value is -1.92. The predicted molar refractivity (Wildman–Crippen MR) is 88.7 cm³/mol. The molecule has 0 radical (unpaired) electrons. The topological polar surface area (TPSA) is 77.2 Å². The average Bonchev–Trinajstić information content (AvgIpc) is 3.17. The Bertz CT molecular complexity index is 687. The molecule has 6 nitrogen and oxygen atoms in total. The van der Waals surface area contributed by atoms with Crippen molar-refractivity contribution in [2.45, 2.75) is 44.8 Å². The van der Waals surface area contributed by atoms with E-state index in [4.69, 9.17) is 20.9 Å². The molecule has 1 aromatic heterocycles. The lowest BCUT2D eigenvalue weighted by atomic mass is 10.0. The van der Waals surface area contributed by atoms with Crippen molar-refractivity contribution in [3.8, 4) is 0 Å². The molecule has 0 spiro atoms. The molecule has 0 aliphatic carbocycles. The van der Waals surface area contributed by atoms with Crippen LogP contribution < -0.4 is 5.32 Å². The van der Waals surface area contributed by atoms with E-state index < -0.39 is 0 Å². The molecule has 7 heteroatoms. The third-order valence-electron chi connectivity index (χ3n) is 4.00. The maximum atomic E-state index is 12.2. The zero-order valence-electron chi connectivity index (χ0n) is 13.5. The van der Waals surface area contributed by atoms with Crippen molar-refractivity contribution >= 4 is 17.5 Å². The molecule has 1 N–H and O–H groups in total. The molecule has 2 atom stereocenters. The van der Waals surface area contributed by atoms with E-state index in [9.17, 15) is 4.79 Å². The summed E-state index contributed by atoms with van der Waals surface area (Å²) >= 11 is 5.92. The first-order valence-electron chi connectivity index (χ1n) is 8.07. The summed E-state index contributed by atoms with van der Waals surface area (Å²) in [6.45, 7) is 2.41. The highest BCUT2D eigenvalue weighted by molar-refractivity contribution is 6.30. The molecule has 1 aromatic carbocycles. The number of carbonyl (C=O) groups excluding carboxylic acids is 1. The van der Waals surface area contributed by atoms with E-state index >= 15 is 0 Å². The normalized spacial score (nSPS) is 20.2. The van der Waals surface area contributed by atoms with E-state index in [1.807, 2.05) is 24.3 Å². The predicted octanol–water partition coefficient (Wildman–Crippen LogP) is 3.00. The van der Waals surface area contributed by atoms with Crippen LogP contribution in [0.4, 0.5) is 0 Å². The lowest BCUT2D eigenvalue weighted by Gasteiger charge is -2.20. The molecule has 1 aliphatic heterocycles. The largest absolute Gasteiger partial charge is 0.371 e. The summed E-state index contributed by atoms with van der Waals surface area (Å²) in [5.41, 5.74) is 1.03. The van der Waals surface area contributed by atoms with Crippen molar-refractivity contribution in [1.29, 1.82) is 0 Å². The number of nitrogens with one attached hydrogen (secondary N) is 1. The van der Waals surface area contributed by atoms with Crippen LogP contribution in [-0.2, 0) is 16.0 Å². The van der Waals surface area contributed by atoms with Gasteiger partial charge in [0.05, 0.1) is 6.04 Å². The molecule has 0 unspecified atom stereocenters. The van der Waals surface area contributed by atoms with Crippen molar-refractivity contribution in [1.82, 2.24) is 15.5 Å². The van der Waals surface area contributed by atoms with Gasteiger partial charge in [-0.2, -0.15) is 4.98 Å². The van der Waals surface area contributed by atoms with Gasteiger partial charge in [0.1, 0.15) is 6.10 Å². The minimum absolute atomic E-state index is 0.00988. The molecule has 0 saturated carbocycles. The van der Waals surface area contributed by atoms with Crippen molar-refractivity contribution < 1.29 is 14.1 Å². The highest BCUT2D eigenvalue weighted by atomic mass is 35.5. The number of benzene rings is 1. The SMILES string of the molecule is Cc1noc(CCCC(=O)N[C@H]2CCO[C@H]2c2ccc(Cl)cc2)n1. The zero-order valence-corrected chi connectivity index (χ0v) is 14.3. The van der Waals surface area contributed by atoms with Crippen molar-refractivity contribution in [2.24, 2.45) is 0 Å². The van der Waals surface area contributed by atoms with Crippen molar-refractivity contribution in [3.63, 3.8) is 0 Å². The second-order valence-electron chi connectivity index (χ2n) is 5.89. The standard InChI is InChI=1S/C17H20ClN3O3/c1-11-19-16(24-21-11)4-2-3-15(22)20-14-9-10-23-17(14)12-5-7-13(18)8-6-12/h5-8,14,17H,2-4,9-10H2,1H3,(H,20,22)/t14-,17-/m0/s1. The van der Waals surface area contributed by atoms with E-state index in [0.717, 1.165) is 12.0 Å². The zero-order chi connectivity index (χ0) is 16.9. The Kier molecular flexibility index (Phi) is 5.48. The number of aryl methyl sites for hydroxylation is 2. The molecular formula is C17H20ClN3O3. The number of nitrogens with zero attached hydrogens (tertiary/aromatic N) is 2. The summed E-state index contributed by atoms with van der Waals surface area (Å²) in [7, 11) is 0. The average molecular weight is 350 g/mol. The maximum absolute atomic E-state index is 12.2. The first kappa shape index (κ1) is 16.9. The maximum Gasteiger partial charge on any atom is 0.226 e. The Morgan fingerprint density at radius 2 is 2.17 bits per heavy atom.